The Kier molecular flexibility index (Phi) is 8.68. The van der Waals surface area contributed by atoms with Crippen LogP contribution < -0.4 is 25.1 Å². The first-order valence-electron chi connectivity index (χ1n) is 9.70. The van der Waals surface area contributed by atoms with Crippen LogP contribution in [0.5, 0.6) is 11.5 Å². The third kappa shape index (κ3) is 6.23. The largest absolute Gasteiger partial charge is 0.496 e. The van der Waals surface area contributed by atoms with Crippen LogP contribution in [0, 0.1) is 0 Å². The van der Waals surface area contributed by atoms with Crippen molar-refractivity contribution in [2.24, 2.45) is 5.10 Å². The Balaban J connectivity index is 1.94. The van der Waals surface area contributed by atoms with Gasteiger partial charge in [0.2, 0.25) is 11.8 Å². The third-order valence-electron chi connectivity index (χ3n) is 4.44. The molecule has 0 aromatic heterocycles. The maximum Gasteiger partial charge on any atom is 0.249 e. The van der Waals surface area contributed by atoms with Gasteiger partial charge in [-0.3, -0.25) is 9.59 Å². The van der Waals surface area contributed by atoms with Crippen LogP contribution in [0.3, 0.4) is 0 Å². The smallest absolute Gasteiger partial charge is 0.249 e. The van der Waals surface area contributed by atoms with Gasteiger partial charge < -0.3 is 19.7 Å². The monoisotopic (exact) mass is 412 g/mol. The number of amides is 2. The molecule has 2 aromatic rings. The summed E-state index contributed by atoms with van der Waals surface area (Å²) in [5.41, 5.74) is 4.62. The number of para-hydroxylation sites is 2. The molecule has 0 unspecified atom stereocenters. The molecule has 0 aliphatic heterocycles. The molecule has 0 fully saturated rings. The number of hydrogen-bond acceptors (Lipinski definition) is 6. The molecular weight excluding hydrogens is 384 g/mol. The fourth-order valence-corrected chi connectivity index (χ4v) is 2.89. The highest BCUT2D eigenvalue weighted by atomic mass is 16.5. The van der Waals surface area contributed by atoms with Gasteiger partial charge in [0.1, 0.15) is 17.9 Å². The lowest BCUT2D eigenvalue weighted by Gasteiger charge is -2.21. The Bertz CT molecular complexity index is 894. The summed E-state index contributed by atoms with van der Waals surface area (Å²) in [5, 5.41) is 6.58. The highest BCUT2D eigenvalue weighted by Gasteiger charge is 2.12. The summed E-state index contributed by atoms with van der Waals surface area (Å²) in [6.07, 6.45) is 1.12. The van der Waals surface area contributed by atoms with Gasteiger partial charge in [0, 0.05) is 30.4 Å². The first-order valence-corrected chi connectivity index (χ1v) is 9.70. The Morgan fingerprint density at radius 3 is 2.37 bits per heavy atom. The molecule has 0 saturated carbocycles. The Labute approximate surface area is 176 Å². The summed E-state index contributed by atoms with van der Waals surface area (Å²) in [6.45, 7) is 5.95. The van der Waals surface area contributed by atoms with Gasteiger partial charge in [0.25, 0.3) is 0 Å². The fourth-order valence-electron chi connectivity index (χ4n) is 2.89. The highest BCUT2D eigenvalue weighted by molar-refractivity contribution is 6.04. The van der Waals surface area contributed by atoms with Crippen molar-refractivity contribution in [2.45, 2.75) is 20.3 Å². The molecule has 0 saturated heterocycles. The van der Waals surface area contributed by atoms with Crippen LogP contribution in [0.4, 0.5) is 11.4 Å². The summed E-state index contributed by atoms with van der Waals surface area (Å²) < 4.78 is 10.6. The molecule has 160 valence electrons. The van der Waals surface area contributed by atoms with Crippen LogP contribution in [0.1, 0.15) is 25.8 Å². The first-order chi connectivity index (χ1) is 14.5. The second-order valence-corrected chi connectivity index (χ2v) is 6.32. The van der Waals surface area contributed by atoms with Gasteiger partial charge in [0.05, 0.1) is 26.1 Å². The van der Waals surface area contributed by atoms with E-state index in [4.69, 9.17) is 9.47 Å². The molecule has 0 radical (unpaired) electrons. The minimum absolute atomic E-state index is 0.368. The number of hydrogen-bond donors (Lipinski definition) is 2. The molecule has 30 heavy (non-hydrogen) atoms. The van der Waals surface area contributed by atoms with Crippen LogP contribution in [0.2, 0.25) is 0 Å². The van der Waals surface area contributed by atoms with E-state index in [1.807, 2.05) is 18.2 Å². The van der Waals surface area contributed by atoms with Gasteiger partial charge in [-0.2, -0.15) is 5.10 Å². The van der Waals surface area contributed by atoms with E-state index in [0.29, 0.717) is 22.7 Å². The van der Waals surface area contributed by atoms with Gasteiger partial charge in [-0.25, -0.2) is 5.43 Å². The lowest BCUT2D eigenvalue weighted by atomic mass is 10.2. The number of hydrazone groups is 1. The van der Waals surface area contributed by atoms with Crippen LogP contribution in [0.15, 0.2) is 47.6 Å². The summed E-state index contributed by atoms with van der Waals surface area (Å²) in [5.74, 6) is 0.168. The molecule has 2 aromatic carbocycles. The Morgan fingerprint density at radius 2 is 1.70 bits per heavy atom. The van der Waals surface area contributed by atoms with E-state index in [1.54, 1.807) is 31.4 Å². The number of rotatable bonds is 10. The molecule has 0 atom stereocenters. The molecule has 0 aliphatic rings. The van der Waals surface area contributed by atoms with Gasteiger partial charge in [-0.1, -0.05) is 12.1 Å². The quantitative estimate of drug-likeness (QED) is 0.356. The zero-order valence-corrected chi connectivity index (χ0v) is 17.8. The average molecular weight is 412 g/mol. The molecule has 8 heteroatoms. The maximum absolute atomic E-state index is 12.1. The molecule has 0 aliphatic carbocycles. The Hall–Kier alpha value is -3.55. The minimum Gasteiger partial charge on any atom is -0.496 e. The van der Waals surface area contributed by atoms with E-state index in [2.05, 4.69) is 34.6 Å². The van der Waals surface area contributed by atoms with Crippen molar-refractivity contribution < 1.29 is 19.1 Å². The second-order valence-electron chi connectivity index (χ2n) is 6.32. The number of carbonyl (C=O) groups excluding carboxylic acids is 2. The topological polar surface area (TPSA) is 92.3 Å². The summed E-state index contributed by atoms with van der Waals surface area (Å²) in [7, 11) is 3.09. The first kappa shape index (κ1) is 22.7. The van der Waals surface area contributed by atoms with Gasteiger partial charge in [-0.15, -0.1) is 0 Å². The summed E-state index contributed by atoms with van der Waals surface area (Å²) in [6, 6.07) is 12.7. The van der Waals surface area contributed by atoms with E-state index < -0.39 is 11.8 Å². The number of carbonyl (C=O) groups is 2. The molecular formula is C22H28N4O4. The van der Waals surface area contributed by atoms with E-state index in [0.717, 1.165) is 18.8 Å². The van der Waals surface area contributed by atoms with E-state index >= 15 is 0 Å². The average Bonchev–Trinajstić information content (AvgIpc) is 2.75. The lowest BCUT2D eigenvalue weighted by Crippen LogP contribution is -2.24. The van der Waals surface area contributed by atoms with Crippen molar-refractivity contribution in [1.29, 1.82) is 0 Å². The minimum atomic E-state index is -0.530. The van der Waals surface area contributed by atoms with Crippen molar-refractivity contribution in [3.8, 4) is 11.5 Å². The van der Waals surface area contributed by atoms with E-state index in [-0.39, 0.29) is 6.42 Å². The van der Waals surface area contributed by atoms with E-state index in [9.17, 15) is 9.59 Å². The number of anilines is 2. The molecule has 2 N–H and O–H groups in total. The van der Waals surface area contributed by atoms with Crippen LogP contribution >= 0.6 is 0 Å². The third-order valence-corrected chi connectivity index (χ3v) is 4.44. The van der Waals surface area contributed by atoms with Crippen molar-refractivity contribution in [3.05, 3.63) is 48.0 Å². The normalized spacial score (nSPS) is 10.5. The zero-order valence-electron chi connectivity index (χ0n) is 17.8. The standard InChI is InChI=1S/C22H28N4O4/c1-5-26(6-2)17-12-11-16(20(13-17)30-4)15-23-25-22(28)14-21(27)24-18-9-7-8-10-19(18)29-3/h7-13,15H,5-6,14H2,1-4H3,(H,24,27)(H,25,28). The number of nitrogens with zero attached hydrogens (tertiary/aromatic N) is 2. The van der Waals surface area contributed by atoms with Gasteiger partial charge in [-0.05, 0) is 38.1 Å². The van der Waals surface area contributed by atoms with Gasteiger partial charge >= 0.3 is 0 Å². The summed E-state index contributed by atoms with van der Waals surface area (Å²) in [4.78, 5) is 26.3. The fraction of sp³-hybridized carbons (Fsp3) is 0.318. The predicted molar refractivity (Wildman–Crippen MR) is 119 cm³/mol. The van der Waals surface area contributed by atoms with Crippen molar-refractivity contribution in [1.82, 2.24) is 5.43 Å². The summed E-state index contributed by atoms with van der Waals surface area (Å²) >= 11 is 0. The van der Waals surface area contributed by atoms with Gasteiger partial charge in [0.15, 0.2) is 0 Å². The second kappa shape index (κ2) is 11.5. The van der Waals surface area contributed by atoms with Crippen molar-refractivity contribution >= 4 is 29.4 Å². The number of nitrogens with one attached hydrogen (secondary N) is 2. The molecule has 8 nitrogen and oxygen atoms in total. The van der Waals surface area contributed by atoms with E-state index in [1.165, 1.54) is 13.3 Å². The molecule has 2 amide bonds. The molecule has 0 spiro atoms. The number of ether oxygens (including phenoxy) is 2. The van der Waals surface area contributed by atoms with Crippen molar-refractivity contribution in [2.75, 3.05) is 37.5 Å². The van der Waals surface area contributed by atoms with Crippen LogP contribution in [0.25, 0.3) is 0 Å². The maximum atomic E-state index is 12.1. The number of methoxy groups -OCH3 is 2. The van der Waals surface area contributed by atoms with Crippen LogP contribution in [-0.4, -0.2) is 45.3 Å². The zero-order chi connectivity index (χ0) is 21.9. The van der Waals surface area contributed by atoms with Crippen molar-refractivity contribution in [3.63, 3.8) is 0 Å². The Morgan fingerprint density at radius 1 is 1.00 bits per heavy atom. The SMILES string of the molecule is CCN(CC)c1ccc(C=NNC(=O)CC(=O)Nc2ccccc2OC)c(OC)c1. The lowest BCUT2D eigenvalue weighted by molar-refractivity contribution is -0.126. The molecule has 0 bridgehead atoms. The van der Waals surface area contributed by atoms with Crippen LogP contribution in [-0.2, 0) is 9.59 Å². The highest BCUT2D eigenvalue weighted by Crippen LogP contribution is 2.25. The molecule has 0 heterocycles. The number of benzene rings is 2. The predicted octanol–water partition coefficient (Wildman–Crippen LogP) is 3.03. The molecule has 2 rings (SSSR count).